The number of fused-ring (bicyclic) bond motifs is 3. The molecule has 2 aliphatic heterocycles. The van der Waals surface area contributed by atoms with Gasteiger partial charge >= 0.3 is 0 Å². The lowest BCUT2D eigenvalue weighted by atomic mass is 10.1. The van der Waals surface area contributed by atoms with E-state index < -0.39 is 11.8 Å². The van der Waals surface area contributed by atoms with Gasteiger partial charge in [-0.05, 0) is 51.0 Å². The monoisotopic (exact) mass is 671 g/mol. The van der Waals surface area contributed by atoms with Gasteiger partial charge < -0.3 is 32.0 Å². The normalized spacial score (nSPS) is 17.3. The van der Waals surface area contributed by atoms with E-state index in [0.717, 1.165) is 32.5 Å². The van der Waals surface area contributed by atoms with E-state index in [-0.39, 0.29) is 29.5 Å². The van der Waals surface area contributed by atoms with Crippen LogP contribution >= 0.6 is 0 Å². The molecule has 0 spiro atoms. The Kier molecular flexibility index (Phi) is 9.77. The first-order chi connectivity index (χ1) is 23.6. The van der Waals surface area contributed by atoms with E-state index in [1.165, 1.54) is 18.3 Å². The van der Waals surface area contributed by atoms with Crippen molar-refractivity contribution < 1.29 is 23.9 Å². The SMILES string of the molecule is CCn1nc(C)cc1C(=O)Nc1nc2cc(C(N)=O)cnc2n1C/C=C/CNc1c(N)cc(C(N)=O)cc1OCCCN1C[C@@H]2C[C@H]1CO2. The summed E-state index contributed by atoms with van der Waals surface area (Å²) in [6.45, 7) is 7.94. The van der Waals surface area contributed by atoms with Gasteiger partial charge in [-0.1, -0.05) is 12.2 Å². The van der Waals surface area contributed by atoms with E-state index in [1.54, 1.807) is 21.4 Å². The highest BCUT2D eigenvalue weighted by molar-refractivity contribution is 6.03. The number of nitrogen functional groups attached to an aromatic ring is 1. The summed E-state index contributed by atoms with van der Waals surface area (Å²) in [6.07, 6.45) is 7.35. The van der Waals surface area contributed by atoms with Crippen LogP contribution in [0.5, 0.6) is 5.75 Å². The molecule has 2 aliphatic rings. The molecular formula is C33H41N11O5. The minimum absolute atomic E-state index is 0.199. The number of morpholine rings is 1. The Morgan fingerprint density at radius 3 is 2.65 bits per heavy atom. The smallest absolute Gasteiger partial charge is 0.276 e. The molecule has 2 saturated heterocycles. The van der Waals surface area contributed by atoms with Crippen LogP contribution in [0.1, 0.15) is 56.7 Å². The molecule has 6 rings (SSSR count). The number of hydrogen-bond donors (Lipinski definition) is 5. The van der Waals surface area contributed by atoms with Gasteiger partial charge in [-0.15, -0.1) is 0 Å². The second-order valence-electron chi connectivity index (χ2n) is 12.1. The summed E-state index contributed by atoms with van der Waals surface area (Å²) >= 11 is 0. The number of carbonyl (C=O) groups is 3. The topological polar surface area (TPSA) is 224 Å². The highest BCUT2D eigenvalue weighted by Gasteiger charge is 2.38. The van der Waals surface area contributed by atoms with Crippen LogP contribution in [0.4, 0.5) is 17.3 Å². The number of ether oxygens (including phenoxy) is 2. The van der Waals surface area contributed by atoms with Crippen molar-refractivity contribution in [2.24, 2.45) is 11.5 Å². The molecule has 0 saturated carbocycles. The average molecular weight is 672 g/mol. The van der Waals surface area contributed by atoms with E-state index in [1.807, 2.05) is 26.0 Å². The Balaban J connectivity index is 1.14. The number of nitrogens with two attached hydrogens (primary N) is 3. The Bertz CT molecular complexity index is 1920. The maximum atomic E-state index is 13.3. The van der Waals surface area contributed by atoms with Crippen LogP contribution in [-0.2, 0) is 17.8 Å². The summed E-state index contributed by atoms with van der Waals surface area (Å²) < 4.78 is 15.1. The molecule has 0 radical (unpaired) electrons. The summed E-state index contributed by atoms with van der Waals surface area (Å²) in [6, 6.07) is 6.83. The van der Waals surface area contributed by atoms with Crippen molar-refractivity contribution >= 4 is 46.2 Å². The number of amides is 3. The van der Waals surface area contributed by atoms with Crippen molar-refractivity contribution in [3.8, 4) is 5.75 Å². The Morgan fingerprint density at radius 2 is 1.94 bits per heavy atom. The second-order valence-corrected chi connectivity index (χ2v) is 12.1. The lowest BCUT2D eigenvalue weighted by Crippen LogP contribution is -2.37. The third kappa shape index (κ3) is 7.34. The molecule has 3 aromatic heterocycles. The van der Waals surface area contributed by atoms with Crippen LogP contribution in [0.3, 0.4) is 0 Å². The number of aromatic nitrogens is 5. The molecule has 0 aliphatic carbocycles. The number of hydrogen-bond acceptors (Lipinski definition) is 11. The summed E-state index contributed by atoms with van der Waals surface area (Å²) in [4.78, 5) is 48.4. The molecule has 2 fully saturated rings. The predicted molar refractivity (Wildman–Crippen MR) is 183 cm³/mol. The number of primary amides is 2. The van der Waals surface area contributed by atoms with E-state index in [4.69, 9.17) is 26.7 Å². The van der Waals surface area contributed by atoms with Crippen molar-refractivity contribution in [1.82, 2.24) is 29.2 Å². The number of rotatable bonds is 15. The highest BCUT2D eigenvalue weighted by Crippen LogP contribution is 2.33. The van der Waals surface area contributed by atoms with Crippen LogP contribution < -0.4 is 32.6 Å². The molecule has 4 aromatic rings. The van der Waals surface area contributed by atoms with Gasteiger partial charge in [0.1, 0.15) is 22.6 Å². The molecule has 49 heavy (non-hydrogen) atoms. The largest absolute Gasteiger partial charge is 0.491 e. The van der Waals surface area contributed by atoms with Gasteiger partial charge in [0, 0.05) is 50.5 Å². The molecule has 2 bridgehead atoms. The predicted octanol–water partition coefficient (Wildman–Crippen LogP) is 1.90. The molecule has 5 heterocycles. The fourth-order valence-electron chi connectivity index (χ4n) is 6.26. The zero-order valence-electron chi connectivity index (χ0n) is 27.5. The Morgan fingerprint density at radius 1 is 1.12 bits per heavy atom. The quantitative estimate of drug-likeness (QED) is 0.0697. The standard InChI is InChI=1S/C33H41N11O5/c1-3-44-26(11-19(2)41-44)32(47)40-33-39-25-13-21(30(36)46)16-38-31(25)43(33)9-5-4-7-37-28-24(34)12-20(29(35)45)14-27(28)48-10-6-8-42-17-23-15-22(42)18-49-23/h4-5,11-14,16,22-23,37H,3,6-10,15,17-18,34H2,1-2H3,(H2,35,45)(H2,36,46)(H,39,40,47)/b5-4+/t22-,23-/m0/s1. The van der Waals surface area contributed by atoms with Crippen LogP contribution in [0, 0.1) is 6.92 Å². The van der Waals surface area contributed by atoms with Crippen molar-refractivity contribution in [1.29, 1.82) is 0 Å². The van der Waals surface area contributed by atoms with Gasteiger partial charge in [0.05, 0.1) is 36.3 Å². The maximum Gasteiger partial charge on any atom is 0.276 e. The van der Waals surface area contributed by atoms with Crippen molar-refractivity contribution in [2.75, 3.05) is 49.2 Å². The first-order valence-corrected chi connectivity index (χ1v) is 16.2. The van der Waals surface area contributed by atoms with E-state index in [9.17, 15) is 14.4 Å². The third-order valence-corrected chi connectivity index (χ3v) is 8.66. The number of nitrogens with zero attached hydrogens (tertiary/aromatic N) is 6. The van der Waals surface area contributed by atoms with E-state index in [2.05, 4.69) is 30.6 Å². The molecule has 2 atom stereocenters. The zero-order chi connectivity index (χ0) is 34.7. The number of benzene rings is 1. The fourth-order valence-corrected chi connectivity index (χ4v) is 6.26. The number of anilines is 3. The number of pyridine rings is 1. The van der Waals surface area contributed by atoms with Gasteiger partial charge in [0.2, 0.25) is 17.8 Å². The van der Waals surface area contributed by atoms with Crippen molar-refractivity contribution in [3.63, 3.8) is 0 Å². The molecular weight excluding hydrogens is 630 g/mol. The Hall–Kier alpha value is -5.48. The van der Waals surface area contributed by atoms with Crippen LogP contribution in [-0.4, -0.2) is 91.9 Å². The van der Waals surface area contributed by atoms with Gasteiger partial charge in [0.15, 0.2) is 5.65 Å². The minimum Gasteiger partial charge on any atom is -0.491 e. The first kappa shape index (κ1) is 33.4. The number of nitrogens with one attached hydrogen (secondary N) is 2. The molecule has 16 heteroatoms. The third-order valence-electron chi connectivity index (χ3n) is 8.66. The number of aryl methyl sites for hydroxylation is 2. The number of likely N-dealkylation sites (tertiary alicyclic amines) is 1. The van der Waals surface area contributed by atoms with Crippen LogP contribution in [0.2, 0.25) is 0 Å². The second kappa shape index (κ2) is 14.3. The van der Waals surface area contributed by atoms with E-state index in [0.29, 0.717) is 71.5 Å². The number of imidazole rings is 1. The van der Waals surface area contributed by atoms with Gasteiger partial charge in [-0.2, -0.15) is 5.10 Å². The number of carbonyl (C=O) groups excluding carboxylic acids is 3. The summed E-state index contributed by atoms with van der Waals surface area (Å²) in [7, 11) is 0. The molecule has 3 amide bonds. The summed E-state index contributed by atoms with van der Waals surface area (Å²) in [5.41, 5.74) is 20.6. The molecule has 0 unspecified atom stereocenters. The summed E-state index contributed by atoms with van der Waals surface area (Å²) in [5, 5.41) is 10.5. The van der Waals surface area contributed by atoms with Crippen molar-refractivity contribution in [2.45, 2.75) is 51.9 Å². The summed E-state index contributed by atoms with van der Waals surface area (Å²) in [5.74, 6) is -0.941. The lowest BCUT2D eigenvalue weighted by molar-refractivity contribution is 0.0289. The zero-order valence-corrected chi connectivity index (χ0v) is 27.5. The van der Waals surface area contributed by atoms with Crippen LogP contribution in [0.25, 0.3) is 11.2 Å². The van der Waals surface area contributed by atoms with Crippen molar-refractivity contribution in [3.05, 3.63) is 65.1 Å². The maximum absolute atomic E-state index is 13.3. The van der Waals surface area contributed by atoms with Gasteiger partial charge in [0.25, 0.3) is 5.91 Å². The highest BCUT2D eigenvalue weighted by atomic mass is 16.5. The van der Waals surface area contributed by atoms with Gasteiger partial charge in [-0.3, -0.25) is 33.8 Å². The van der Waals surface area contributed by atoms with E-state index >= 15 is 0 Å². The number of allylic oxidation sites excluding steroid dienone is 1. The fraction of sp³-hybridized carbons (Fsp3) is 0.394. The molecule has 8 N–H and O–H groups in total. The van der Waals surface area contributed by atoms with Crippen LogP contribution in [0.15, 0.2) is 42.6 Å². The average Bonchev–Trinajstić information content (AvgIpc) is 3.86. The molecule has 1 aromatic carbocycles. The minimum atomic E-state index is -0.636. The lowest BCUT2D eigenvalue weighted by Gasteiger charge is -2.26. The van der Waals surface area contributed by atoms with Gasteiger partial charge in [-0.25, -0.2) is 9.97 Å². The molecule has 258 valence electrons. The molecule has 16 nitrogen and oxygen atoms in total. The first-order valence-electron chi connectivity index (χ1n) is 16.2. The Labute approximate surface area is 282 Å².